The van der Waals surface area contributed by atoms with E-state index < -0.39 is 0 Å². The summed E-state index contributed by atoms with van der Waals surface area (Å²) in [7, 11) is 0. The van der Waals surface area contributed by atoms with Crippen molar-refractivity contribution < 1.29 is 0 Å². The van der Waals surface area contributed by atoms with Crippen LogP contribution in [-0.2, 0) is 0 Å². The summed E-state index contributed by atoms with van der Waals surface area (Å²) in [5.74, 6) is 9.59. The molecule has 4 saturated heterocycles. The molecule has 0 amide bonds. The van der Waals surface area contributed by atoms with E-state index in [1.54, 1.807) is 0 Å². The summed E-state index contributed by atoms with van der Waals surface area (Å²) in [4.78, 5) is 18.8. The van der Waals surface area contributed by atoms with Gasteiger partial charge >= 0.3 is 0 Å². The van der Waals surface area contributed by atoms with Crippen molar-refractivity contribution in [2.45, 2.75) is 46.0 Å². The number of hydrogen-bond donors (Lipinski definition) is 2. The van der Waals surface area contributed by atoms with E-state index in [4.69, 9.17) is 9.97 Å². The Labute approximate surface area is 317 Å². The molecule has 3 aromatic rings. The first-order chi connectivity index (χ1) is 23.4. The maximum atomic E-state index is 5.45. The molecule has 6 aliphatic rings. The van der Waals surface area contributed by atoms with Gasteiger partial charge in [0.1, 0.15) is 0 Å². The van der Waals surface area contributed by atoms with Crippen LogP contribution in [0.15, 0.2) is 24.3 Å². The van der Waals surface area contributed by atoms with Crippen LogP contribution in [0.4, 0.5) is 0 Å². The lowest BCUT2D eigenvalue weighted by Gasteiger charge is -2.12. The average molecular weight is 783 g/mol. The maximum Gasteiger partial charge on any atom is 0.0776 e. The summed E-state index contributed by atoms with van der Waals surface area (Å²) in [5, 5.41) is 0. The number of allylic oxidation sites excluding steroid dienone is 2. The van der Waals surface area contributed by atoms with Crippen LogP contribution in [0.25, 0.3) is 44.4 Å². The molecule has 0 unspecified atom stereocenters. The lowest BCUT2D eigenvalue weighted by atomic mass is 10.0. The van der Waals surface area contributed by atoms with Crippen LogP contribution in [0.3, 0.4) is 0 Å². The van der Waals surface area contributed by atoms with Gasteiger partial charge in [-0.25, -0.2) is 9.97 Å². The minimum Gasteiger partial charge on any atom is -0.355 e. The van der Waals surface area contributed by atoms with E-state index in [1.807, 2.05) is 0 Å². The summed E-state index contributed by atoms with van der Waals surface area (Å²) < 4.78 is 1.70. The summed E-state index contributed by atoms with van der Waals surface area (Å²) in [6.07, 6.45) is 0. The molecule has 0 atom stereocenters. The van der Waals surface area contributed by atoms with Crippen LogP contribution >= 0.6 is 94.1 Å². The predicted octanol–water partition coefficient (Wildman–Crippen LogP) is 11.4. The molecule has 0 aliphatic carbocycles. The topological polar surface area (TPSA) is 57.4 Å². The van der Waals surface area contributed by atoms with Gasteiger partial charge in [0, 0.05) is 90.4 Å². The molecular weight excluding hydrogens is 745 g/mol. The molecule has 8 bridgehead atoms. The number of thioether (sulfide) groups is 8. The van der Waals surface area contributed by atoms with Crippen molar-refractivity contribution in [3.05, 3.63) is 69.3 Å². The molecular formula is C36H38N4S8. The molecule has 0 spiro atoms. The van der Waals surface area contributed by atoms with Gasteiger partial charge in [0.2, 0.25) is 0 Å². The summed E-state index contributed by atoms with van der Waals surface area (Å²) in [6, 6.07) is 9.45. The lowest BCUT2D eigenvalue weighted by molar-refractivity contribution is 1.25. The van der Waals surface area contributed by atoms with E-state index in [0.717, 1.165) is 22.8 Å². The largest absolute Gasteiger partial charge is 0.355 e. The van der Waals surface area contributed by atoms with Crippen molar-refractivity contribution >= 4 is 138 Å². The fourth-order valence-corrected chi connectivity index (χ4v) is 19.8. The number of hydrogen-bond acceptors (Lipinski definition) is 10. The van der Waals surface area contributed by atoms with E-state index in [-0.39, 0.29) is 0 Å². The van der Waals surface area contributed by atoms with Gasteiger partial charge in [0.05, 0.1) is 41.1 Å². The van der Waals surface area contributed by atoms with Crippen LogP contribution < -0.4 is 0 Å². The molecule has 12 heteroatoms. The molecule has 0 aromatic carbocycles. The van der Waals surface area contributed by atoms with Gasteiger partial charge < -0.3 is 9.97 Å². The van der Waals surface area contributed by atoms with E-state index >= 15 is 0 Å². The quantitative estimate of drug-likeness (QED) is 0.268. The fraction of sp³-hybridized carbons (Fsp3) is 0.444. The van der Waals surface area contributed by atoms with E-state index in [9.17, 15) is 0 Å². The van der Waals surface area contributed by atoms with E-state index in [0.29, 0.717) is 18.3 Å². The predicted molar refractivity (Wildman–Crippen MR) is 228 cm³/mol. The Hall–Kier alpha value is -0.600. The first-order valence-electron chi connectivity index (χ1n) is 16.6. The minimum absolute atomic E-state index is 0.411. The molecule has 48 heavy (non-hydrogen) atoms. The second-order valence-corrected chi connectivity index (χ2v) is 23.6. The summed E-state index contributed by atoms with van der Waals surface area (Å²) in [6.45, 7) is 9.25. The van der Waals surface area contributed by atoms with Crippen LogP contribution in [0.5, 0.6) is 0 Å². The molecule has 4 fully saturated rings. The second-order valence-electron chi connectivity index (χ2n) is 12.7. The van der Waals surface area contributed by atoms with Crippen LogP contribution in [0, 0.1) is 13.8 Å². The zero-order chi connectivity index (χ0) is 32.5. The van der Waals surface area contributed by atoms with Crippen molar-refractivity contribution in [3.63, 3.8) is 0 Å². The first kappa shape index (κ1) is 33.3. The van der Waals surface area contributed by atoms with Gasteiger partial charge in [-0.15, -0.1) is 94.1 Å². The monoisotopic (exact) mass is 782 g/mol. The normalized spacial score (nSPS) is 21.6. The SMILES string of the molecule is CC1=C(C2SCCS2)c2cc3nc(cc4[nH]c(cc5[nH]c(cc1n2)c(C1SCCS1)c5C)c(C1SCCS1)c4C)C(C1SCCS1)=C3C. The molecule has 3 aromatic heterocycles. The summed E-state index contributed by atoms with van der Waals surface area (Å²) >= 11 is 16.6. The zero-order valence-electron chi connectivity index (χ0n) is 27.4. The number of fused-ring (bicyclic) bond motifs is 8. The Balaban J connectivity index is 1.38. The van der Waals surface area contributed by atoms with Crippen LogP contribution in [0.2, 0.25) is 0 Å². The number of aromatic amines is 2. The van der Waals surface area contributed by atoms with Crippen molar-refractivity contribution in [1.29, 1.82) is 0 Å². The highest BCUT2D eigenvalue weighted by atomic mass is 32.2. The van der Waals surface area contributed by atoms with Gasteiger partial charge in [-0.1, -0.05) is 0 Å². The highest BCUT2D eigenvalue weighted by Gasteiger charge is 2.33. The number of aryl methyl sites for hydroxylation is 2. The standard InChI is InChI=1S/C36H38N4S8/c1-17-21-13-26-30(34-43-7-8-44-34)19(3)23(38-26)15-28-32(36-47-11-12-48-36)20(4)24(40-28)16-27-31(35-45-9-10-46-35)18(2)22(39-27)14-25(37-21)29(17)33-41-5-6-42-33/h13-16,33-38H,5-12H2,1-4H3. The molecule has 250 valence electrons. The minimum atomic E-state index is 0.411. The molecule has 6 aliphatic heterocycles. The molecule has 9 heterocycles. The third-order valence-corrected chi connectivity index (χ3v) is 22.0. The number of H-pyrrole nitrogens is 2. The number of aromatic nitrogens is 4. The highest BCUT2D eigenvalue weighted by Crippen LogP contribution is 2.52. The first-order valence-corrected chi connectivity index (χ1v) is 24.9. The highest BCUT2D eigenvalue weighted by molar-refractivity contribution is 8.21. The van der Waals surface area contributed by atoms with Gasteiger partial charge in [0.15, 0.2) is 0 Å². The Morgan fingerprint density at radius 1 is 0.438 bits per heavy atom. The van der Waals surface area contributed by atoms with E-state index in [1.165, 1.54) is 113 Å². The third kappa shape index (κ3) is 5.88. The molecule has 0 radical (unpaired) electrons. The third-order valence-electron chi connectivity index (χ3n) is 9.90. The molecule has 2 N–H and O–H groups in total. The van der Waals surface area contributed by atoms with Crippen LogP contribution in [-0.4, -0.2) is 75.1 Å². The molecule has 4 nitrogen and oxygen atoms in total. The van der Waals surface area contributed by atoms with Crippen molar-refractivity contribution in [1.82, 2.24) is 19.9 Å². The Kier molecular flexibility index (Phi) is 9.52. The zero-order valence-corrected chi connectivity index (χ0v) is 34.0. The Bertz CT molecular complexity index is 2020. The number of nitrogens with zero attached hydrogens (tertiary/aromatic N) is 2. The summed E-state index contributed by atoms with van der Waals surface area (Å²) in [5.41, 5.74) is 20.2. The number of nitrogens with one attached hydrogen (secondary N) is 2. The maximum absolute atomic E-state index is 5.45. The van der Waals surface area contributed by atoms with Gasteiger partial charge in [-0.05, 0) is 74.2 Å². The Morgan fingerprint density at radius 3 is 1.27 bits per heavy atom. The Morgan fingerprint density at radius 2 is 0.792 bits per heavy atom. The second kappa shape index (κ2) is 13.7. The van der Waals surface area contributed by atoms with Crippen molar-refractivity contribution in [3.8, 4) is 0 Å². The van der Waals surface area contributed by atoms with Gasteiger partial charge in [-0.2, -0.15) is 0 Å². The smallest absolute Gasteiger partial charge is 0.0776 e. The average Bonchev–Trinajstić information content (AvgIpc) is 3.91. The van der Waals surface area contributed by atoms with Gasteiger partial charge in [-0.3, -0.25) is 0 Å². The molecule has 9 rings (SSSR count). The molecule has 0 saturated carbocycles. The van der Waals surface area contributed by atoms with E-state index in [2.05, 4.69) is 156 Å². The lowest BCUT2D eigenvalue weighted by Crippen LogP contribution is -1.97. The van der Waals surface area contributed by atoms with Gasteiger partial charge in [0.25, 0.3) is 0 Å². The van der Waals surface area contributed by atoms with Crippen LogP contribution in [0.1, 0.15) is 68.0 Å². The fourth-order valence-electron chi connectivity index (χ4n) is 7.38. The number of rotatable bonds is 4. The van der Waals surface area contributed by atoms with Crippen molar-refractivity contribution in [2.75, 3.05) is 46.0 Å². The van der Waals surface area contributed by atoms with Crippen molar-refractivity contribution in [2.24, 2.45) is 0 Å².